The lowest BCUT2D eigenvalue weighted by Gasteiger charge is -2.38. The fourth-order valence-electron chi connectivity index (χ4n) is 3.21. The van der Waals surface area contributed by atoms with Crippen molar-refractivity contribution < 1.29 is 14.3 Å². The maximum atomic E-state index is 13.9. The second-order valence-corrected chi connectivity index (χ2v) is 6.38. The van der Waals surface area contributed by atoms with E-state index in [4.69, 9.17) is 0 Å². The van der Waals surface area contributed by atoms with Crippen LogP contribution < -0.4 is 5.32 Å². The van der Waals surface area contributed by atoms with Crippen LogP contribution in [0.5, 0.6) is 0 Å². The zero-order valence-electron chi connectivity index (χ0n) is 13.9. The predicted molar refractivity (Wildman–Crippen MR) is 92.4 cm³/mol. The van der Waals surface area contributed by atoms with Crippen molar-refractivity contribution in [3.8, 4) is 0 Å². The van der Waals surface area contributed by atoms with Gasteiger partial charge >= 0.3 is 0 Å². The first-order chi connectivity index (χ1) is 12.2. The van der Waals surface area contributed by atoms with E-state index in [-0.39, 0.29) is 30.3 Å². The lowest BCUT2D eigenvalue weighted by atomic mass is 9.91. The quantitative estimate of drug-likeness (QED) is 0.869. The van der Waals surface area contributed by atoms with Crippen LogP contribution in [0.3, 0.4) is 0 Å². The van der Waals surface area contributed by atoms with Gasteiger partial charge in [-0.1, -0.05) is 18.2 Å². The molecular formula is C19H22FN3O2. The summed E-state index contributed by atoms with van der Waals surface area (Å²) in [6.07, 6.45) is 3.89. The van der Waals surface area contributed by atoms with E-state index in [2.05, 4.69) is 15.2 Å². The van der Waals surface area contributed by atoms with Crippen LogP contribution in [0.25, 0.3) is 0 Å². The third kappa shape index (κ3) is 4.41. The average molecular weight is 343 g/mol. The van der Waals surface area contributed by atoms with E-state index >= 15 is 0 Å². The van der Waals surface area contributed by atoms with Crippen LogP contribution in [0.4, 0.5) is 4.39 Å². The van der Waals surface area contributed by atoms with Gasteiger partial charge in [0.1, 0.15) is 5.82 Å². The third-order valence-corrected chi connectivity index (χ3v) is 4.67. The third-order valence-electron chi connectivity index (χ3n) is 4.67. The highest BCUT2D eigenvalue weighted by atomic mass is 19.1. The van der Waals surface area contributed by atoms with Crippen molar-refractivity contribution in [1.29, 1.82) is 0 Å². The fraction of sp³-hybridized carbons (Fsp3) is 0.368. The van der Waals surface area contributed by atoms with Crippen LogP contribution in [0.2, 0.25) is 0 Å². The molecule has 1 saturated heterocycles. The van der Waals surface area contributed by atoms with Gasteiger partial charge in [-0.05, 0) is 31.2 Å². The van der Waals surface area contributed by atoms with Gasteiger partial charge in [0.25, 0.3) is 5.91 Å². The molecule has 1 amide bonds. The molecule has 0 saturated carbocycles. The van der Waals surface area contributed by atoms with Crippen LogP contribution in [-0.2, 0) is 6.54 Å². The van der Waals surface area contributed by atoms with Gasteiger partial charge in [-0.25, -0.2) is 4.39 Å². The number of rotatable bonds is 5. The molecule has 3 rings (SSSR count). The summed E-state index contributed by atoms with van der Waals surface area (Å²) in [7, 11) is 0. The van der Waals surface area contributed by atoms with Gasteiger partial charge < -0.3 is 10.4 Å². The maximum Gasteiger partial charge on any atom is 0.253 e. The number of pyridine rings is 1. The highest BCUT2D eigenvalue weighted by molar-refractivity contribution is 5.94. The Bertz CT molecular complexity index is 711. The van der Waals surface area contributed by atoms with Crippen LogP contribution in [0.15, 0.2) is 48.8 Å². The van der Waals surface area contributed by atoms with Crippen LogP contribution in [-0.4, -0.2) is 46.6 Å². The number of amides is 1. The number of halogens is 1. The smallest absolute Gasteiger partial charge is 0.253 e. The molecule has 0 bridgehead atoms. The van der Waals surface area contributed by atoms with Crippen LogP contribution in [0.1, 0.15) is 22.3 Å². The van der Waals surface area contributed by atoms with E-state index in [1.807, 2.05) is 6.07 Å². The molecule has 0 spiro atoms. The number of hydrogen-bond donors (Lipinski definition) is 2. The minimum Gasteiger partial charge on any atom is -0.396 e. The number of aliphatic hydroxyl groups is 1. The molecule has 0 aliphatic carbocycles. The number of carbonyl (C=O) groups is 1. The van der Waals surface area contributed by atoms with E-state index in [0.29, 0.717) is 24.2 Å². The topological polar surface area (TPSA) is 65.5 Å². The second kappa shape index (κ2) is 8.18. The number of carbonyl (C=O) groups excluding carboxylic acids is 1. The largest absolute Gasteiger partial charge is 0.396 e. The summed E-state index contributed by atoms with van der Waals surface area (Å²) in [5.74, 6) is -0.426. The summed E-state index contributed by atoms with van der Waals surface area (Å²) < 4.78 is 13.9. The molecule has 0 radical (unpaired) electrons. The van der Waals surface area contributed by atoms with Gasteiger partial charge in [0.2, 0.25) is 0 Å². The molecular weight excluding hydrogens is 321 g/mol. The van der Waals surface area contributed by atoms with Crippen LogP contribution >= 0.6 is 0 Å². The predicted octanol–water partition coefficient (Wildman–Crippen LogP) is 1.83. The Morgan fingerprint density at radius 1 is 1.32 bits per heavy atom. The highest BCUT2D eigenvalue weighted by Gasteiger charge is 2.30. The lowest BCUT2D eigenvalue weighted by Crippen LogP contribution is -2.53. The Morgan fingerprint density at radius 2 is 2.16 bits per heavy atom. The first kappa shape index (κ1) is 17.5. The molecule has 132 valence electrons. The summed E-state index contributed by atoms with van der Waals surface area (Å²) in [4.78, 5) is 18.4. The number of aromatic nitrogens is 1. The Hall–Kier alpha value is -2.31. The number of nitrogens with zero attached hydrogens (tertiary/aromatic N) is 2. The number of piperidine rings is 1. The van der Waals surface area contributed by atoms with Crippen molar-refractivity contribution in [3.63, 3.8) is 0 Å². The number of hydrogen-bond acceptors (Lipinski definition) is 4. The van der Waals surface area contributed by atoms with Crippen LogP contribution in [0, 0.1) is 11.7 Å². The molecule has 2 aromatic rings. The molecule has 1 aliphatic heterocycles. The Morgan fingerprint density at radius 3 is 2.88 bits per heavy atom. The minimum absolute atomic E-state index is 0.00232. The van der Waals surface area contributed by atoms with Gasteiger partial charge in [-0.2, -0.15) is 0 Å². The summed E-state index contributed by atoms with van der Waals surface area (Å²) in [6.45, 7) is 1.85. The van der Waals surface area contributed by atoms with Gasteiger partial charge in [0, 0.05) is 49.6 Å². The maximum absolute atomic E-state index is 13.9. The molecule has 5 nitrogen and oxygen atoms in total. The summed E-state index contributed by atoms with van der Waals surface area (Å²) in [5.41, 5.74) is 1.13. The summed E-state index contributed by atoms with van der Waals surface area (Å²) in [5, 5.41) is 12.6. The van der Waals surface area contributed by atoms with Gasteiger partial charge in [0.05, 0.1) is 5.56 Å². The highest BCUT2D eigenvalue weighted by Crippen LogP contribution is 2.20. The van der Waals surface area contributed by atoms with Crippen molar-refractivity contribution >= 4 is 5.91 Å². The average Bonchev–Trinajstić information content (AvgIpc) is 2.64. The first-order valence-corrected chi connectivity index (χ1v) is 8.45. The molecule has 25 heavy (non-hydrogen) atoms. The molecule has 6 heteroatoms. The van der Waals surface area contributed by atoms with Crippen molar-refractivity contribution in [3.05, 3.63) is 65.7 Å². The number of aliphatic hydroxyl groups excluding tert-OH is 1. The van der Waals surface area contributed by atoms with Crippen molar-refractivity contribution in [2.24, 2.45) is 5.92 Å². The van der Waals surface area contributed by atoms with Gasteiger partial charge in [-0.15, -0.1) is 0 Å². The zero-order valence-corrected chi connectivity index (χ0v) is 13.9. The minimum atomic E-state index is -0.220. The van der Waals surface area contributed by atoms with Crippen molar-refractivity contribution in [1.82, 2.24) is 15.2 Å². The molecule has 1 fully saturated rings. The number of benzene rings is 1. The molecule has 1 aliphatic rings. The van der Waals surface area contributed by atoms with Crippen molar-refractivity contribution in [2.75, 3.05) is 19.7 Å². The number of nitrogens with one attached hydrogen (secondary N) is 1. The molecule has 1 aromatic heterocycles. The SMILES string of the molecule is O=C(N[C@@H]1CN(Cc2ccccc2F)CC[C@@H]1CO)c1cccnc1. The molecule has 2 N–H and O–H groups in total. The normalized spacial score (nSPS) is 21.0. The monoisotopic (exact) mass is 343 g/mol. The standard InChI is InChI=1S/C19H22FN3O2/c20-17-6-2-1-4-15(17)11-23-9-7-16(13-24)18(12-23)22-19(25)14-5-3-8-21-10-14/h1-6,8,10,16,18,24H,7,9,11-13H2,(H,22,25)/t16-,18-/m1/s1. The lowest BCUT2D eigenvalue weighted by molar-refractivity contribution is 0.0727. The van der Waals surface area contributed by atoms with Gasteiger partial charge in [0.15, 0.2) is 0 Å². The number of likely N-dealkylation sites (tertiary alicyclic amines) is 1. The van der Waals surface area contributed by atoms with Gasteiger partial charge in [-0.3, -0.25) is 14.7 Å². The molecule has 0 unspecified atom stereocenters. The summed E-state index contributed by atoms with van der Waals surface area (Å²) in [6, 6.07) is 9.96. The zero-order chi connectivity index (χ0) is 17.6. The first-order valence-electron chi connectivity index (χ1n) is 8.45. The molecule has 1 aromatic carbocycles. The van der Waals surface area contributed by atoms with E-state index in [1.54, 1.807) is 30.5 Å². The Balaban J connectivity index is 1.66. The van der Waals surface area contributed by atoms with Crippen molar-refractivity contribution in [2.45, 2.75) is 19.0 Å². The van der Waals surface area contributed by atoms with E-state index in [0.717, 1.165) is 13.0 Å². The van der Waals surface area contributed by atoms with E-state index < -0.39 is 0 Å². The summed E-state index contributed by atoms with van der Waals surface area (Å²) >= 11 is 0. The van der Waals surface area contributed by atoms with E-state index in [9.17, 15) is 14.3 Å². The molecule has 2 heterocycles. The Kier molecular flexibility index (Phi) is 5.73. The van der Waals surface area contributed by atoms with E-state index in [1.165, 1.54) is 12.3 Å². The second-order valence-electron chi connectivity index (χ2n) is 6.38. The molecule has 2 atom stereocenters. The Labute approximate surface area is 146 Å². The fourth-order valence-corrected chi connectivity index (χ4v) is 3.21.